The van der Waals surface area contributed by atoms with Crippen LogP contribution in [0.3, 0.4) is 0 Å². The Morgan fingerprint density at radius 2 is 1.65 bits per heavy atom. The number of hydrogen-bond donors (Lipinski definition) is 2. The van der Waals surface area contributed by atoms with Crippen LogP contribution in [0, 0.1) is 0 Å². The molecule has 0 radical (unpaired) electrons. The fourth-order valence-electron chi connectivity index (χ4n) is 2.23. The molecule has 6 nitrogen and oxygen atoms in total. The molecule has 0 spiro atoms. The minimum absolute atomic E-state index is 0.445. The van der Waals surface area contributed by atoms with Gasteiger partial charge >= 0.3 is 0 Å². The Balaban J connectivity index is 1.92. The number of nitrogens with one attached hydrogen (secondary N) is 2. The van der Waals surface area contributed by atoms with E-state index in [9.17, 15) is 0 Å². The summed E-state index contributed by atoms with van der Waals surface area (Å²) in [7, 11) is 4.85. The van der Waals surface area contributed by atoms with Gasteiger partial charge in [-0.2, -0.15) is 5.10 Å². The minimum atomic E-state index is 0.445. The van der Waals surface area contributed by atoms with Crippen molar-refractivity contribution in [3.8, 4) is 17.2 Å². The Hall–Kier alpha value is -2.80. The van der Waals surface area contributed by atoms with Crippen molar-refractivity contribution in [3.63, 3.8) is 0 Å². The number of nitrogens with zero attached hydrogens (tertiary/aromatic N) is 1. The molecule has 2 N–H and O–H groups in total. The summed E-state index contributed by atoms with van der Waals surface area (Å²) in [5.74, 6) is 2.15. The molecule has 0 saturated heterocycles. The first kappa shape index (κ1) is 19.5. The zero-order chi connectivity index (χ0) is 18.9. The zero-order valence-corrected chi connectivity index (χ0v) is 16.1. The molecule has 26 heavy (non-hydrogen) atoms. The summed E-state index contributed by atoms with van der Waals surface area (Å²) < 4.78 is 15.7. The average molecular weight is 373 g/mol. The van der Waals surface area contributed by atoms with Gasteiger partial charge in [0.05, 0.1) is 27.0 Å². The normalized spacial score (nSPS) is 10.8. The highest BCUT2D eigenvalue weighted by Crippen LogP contribution is 2.27. The monoisotopic (exact) mass is 373 g/mol. The molecule has 0 atom stereocenters. The second-order valence-corrected chi connectivity index (χ2v) is 5.82. The number of thiocarbonyl (C=S) groups is 1. The number of rotatable bonds is 7. The fourth-order valence-corrected chi connectivity index (χ4v) is 2.34. The van der Waals surface area contributed by atoms with Crippen LogP contribution in [0.1, 0.15) is 18.1 Å². The first-order valence-electron chi connectivity index (χ1n) is 8.00. The molecule has 7 heteroatoms. The topological polar surface area (TPSA) is 64.1 Å². The molecule has 0 unspecified atom stereocenters. The van der Waals surface area contributed by atoms with E-state index in [1.54, 1.807) is 21.3 Å². The van der Waals surface area contributed by atoms with Crippen molar-refractivity contribution < 1.29 is 14.2 Å². The summed E-state index contributed by atoms with van der Waals surface area (Å²) in [4.78, 5) is 0. The standard InChI is InChI=1S/C19H23N3O3S/c1-13(15-7-10-17(24-3)18(11-15)25-4)21-22-19(26)20-12-14-5-8-16(23-2)9-6-14/h5-11H,12H2,1-4H3,(H2,20,22,26)/b21-13-. The minimum Gasteiger partial charge on any atom is -0.497 e. The van der Waals surface area contributed by atoms with E-state index in [-0.39, 0.29) is 0 Å². The molecule has 0 bridgehead atoms. The first-order chi connectivity index (χ1) is 12.6. The van der Waals surface area contributed by atoms with Gasteiger partial charge in [0.1, 0.15) is 5.75 Å². The number of benzene rings is 2. The molecule has 2 aromatic carbocycles. The number of hydrazone groups is 1. The van der Waals surface area contributed by atoms with E-state index in [0.717, 1.165) is 22.6 Å². The van der Waals surface area contributed by atoms with Gasteiger partial charge in [0, 0.05) is 12.1 Å². The Morgan fingerprint density at radius 1 is 0.962 bits per heavy atom. The maximum Gasteiger partial charge on any atom is 0.187 e. The lowest BCUT2D eigenvalue weighted by molar-refractivity contribution is 0.355. The molecule has 138 valence electrons. The SMILES string of the molecule is COc1ccc(CNC(=S)N/N=C(/C)c2ccc(OC)c(OC)c2)cc1. The number of hydrogen-bond acceptors (Lipinski definition) is 5. The fraction of sp³-hybridized carbons (Fsp3) is 0.263. The molecular formula is C19H23N3O3S. The lowest BCUT2D eigenvalue weighted by atomic mass is 10.1. The smallest absolute Gasteiger partial charge is 0.187 e. The average Bonchev–Trinajstić information content (AvgIpc) is 2.70. The van der Waals surface area contributed by atoms with Crippen LogP contribution in [-0.4, -0.2) is 32.2 Å². The second-order valence-electron chi connectivity index (χ2n) is 5.41. The van der Waals surface area contributed by atoms with Crippen LogP contribution in [-0.2, 0) is 6.54 Å². The highest BCUT2D eigenvalue weighted by atomic mass is 32.1. The second kappa shape index (κ2) is 9.62. The van der Waals surface area contributed by atoms with Crippen LogP contribution >= 0.6 is 12.2 Å². The Labute approximate surface area is 159 Å². The molecular weight excluding hydrogens is 350 g/mol. The summed E-state index contributed by atoms with van der Waals surface area (Å²) >= 11 is 5.26. The highest BCUT2D eigenvalue weighted by molar-refractivity contribution is 7.80. The maximum absolute atomic E-state index is 5.31. The van der Waals surface area contributed by atoms with Crippen LogP contribution in [0.15, 0.2) is 47.6 Å². The Morgan fingerprint density at radius 3 is 2.27 bits per heavy atom. The number of methoxy groups -OCH3 is 3. The summed E-state index contributed by atoms with van der Waals surface area (Å²) in [6, 6.07) is 13.4. The third-order valence-corrected chi connectivity index (χ3v) is 3.97. The largest absolute Gasteiger partial charge is 0.497 e. The van der Waals surface area contributed by atoms with Crippen molar-refractivity contribution in [1.29, 1.82) is 0 Å². The van der Waals surface area contributed by atoms with E-state index in [2.05, 4.69) is 15.8 Å². The Bertz CT molecular complexity index is 776. The van der Waals surface area contributed by atoms with Crippen LogP contribution in [0.25, 0.3) is 0 Å². The van der Waals surface area contributed by atoms with Crippen LogP contribution in [0.5, 0.6) is 17.2 Å². The summed E-state index contributed by atoms with van der Waals surface area (Å²) in [5, 5.41) is 7.87. The van der Waals surface area contributed by atoms with E-state index < -0.39 is 0 Å². The van der Waals surface area contributed by atoms with Gasteiger partial charge in [-0.05, 0) is 55.0 Å². The van der Waals surface area contributed by atoms with Gasteiger partial charge in [-0.1, -0.05) is 12.1 Å². The highest BCUT2D eigenvalue weighted by Gasteiger charge is 2.06. The van der Waals surface area contributed by atoms with Gasteiger partial charge in [-0.25, -0.2) is 0 Å². The predicted octanol–water partition coefficient (Wildman–Crippen LogP) is 3.10. The van der Waals surface area contributed by atoms with E-state index >= 15 is 0 Å². The number of ether oxygens (including phenoxy) is 3. The van der Waals surface area contributed by atoms with Gasteiger partial charge in [0.15, 0.2) is 16.6 Å². The molecule has 0 aliphatic carbocycles. The third-order valence-electron chi connectivity index (χ3n) is 3.74. The van der Waals surface area contributed by atoms with Gasteiger partial charge in [-0.3, -0.25) is 5.43 Å². The van der Waals surface area contributed by atoms with Crippen molar-refractivity contribution in [2.24, 2.45) is 5.10 Å². The van der Waals surface area contributed by atoms with E-state index in [0.29, 0.717) is 23.2 Å². The van der Waals surface area contributed by atoms with Crippen LogP contribution < -0.4 is 25.0 Å². The first-order valence-corrected chi connectivity index (χ1v) is 8.41. The van der Waals surface area contributed by atoms with Crippen LogP contribution in [0.4, 0.5) is 0 Å². The lowest BCUT2D eigenvalue weighted by Crippen LogP contribution is -2.32. The molecule has 2 aromatic rings. The van der Waals surface area contributed by atoms with Crippen molar-refractivity contribution in [1.82, 2.24) is 10.7 Å². The summed E-state index contributed by atoms with van der Waals surface area (Å²) in [5.41, 5.74) is 5.63. The Kier molecular flexibility index (Phi) is 7.23. The lowest BCUT2D eigenvalue weighted by Gasteiger charge is -2.11. The van der Waals surface area contributed by atoms with Gasteiger partial charge in [0.25, 0.3) is 0 Å². The summed E-state index contributed by atoms with van der Waals surface area (Å²) in [6.45, 7) is 2.49. The van der Waals surface area contributed by atoms with Crippen LogP contribution in [0.2, 0.25) is 0 Å². The molecule has 2 rings (SSSR count). The van der Waals surface area contributed by atoms with Gasteiger partial charge < -0.3 is 19.5 Å². The van der Waals surface area contributed by atoms with Gasteiger partial charge in [-0.15, -0.1) is 0 Å². The van der Waals surface area contributed by atoms with Gasteiger partial charge in [0.2, 0.25) is 0 Å². The van der Waals surface area contributed by atoms with E-state index in [1.807, 2.05) is 49.4 Å². The molecule has 0 amide bonds. The molecule has 0 fully saturated rings. The zero-order valence-electron chi connectivity index (χ0n) is 15.3. The third kappa shape index (κ3) is 5.35. The molecule has 0 heterocycles. The predicted molar refractivity (Wildman–Crippen MR) is 107 cm³/mol. The van der Waals surface area contributed by atoms with Crippen molar-refractivity contribution in [3.05, 3.63) is 53.6 Å². The van der Waals surface area contributed by atoms with E-state index in [4.69, 9.17) is 26.4 Å². The van der Waals surface area contributed by atoms with Crippen molar-refractivity contribution in [2.75, 3.05) is 21.3 Å². The van der Waals surface area contributed by atoms with E-state index in [1.165, 1.54) is 0 Å². The van der Waals surface area contributed by atoms with Crippen molar-refractivity contribution >= 4 is 23.0 Å². The maximum atomic E-state index is 5.31. The molecule has 0 aliphatic heterocycles. The molecule has 0 saturated carbocycles. The summed E-state index contributed by atoms with van der Waals surface area (Å²) in [6.07, 6.45) is 0. The quantitative estimate of drug-likeness (QED) is 0.442. The van der Waals surface area contributed by atoms with Crippen molar-refractivity contribution in [2.45, 2.75) is 13.5 Å². The molecule has 0 aromatic heterocycles. The molecule has 0 aliphatic rings.